The van der Waals surface area contributed by atoms with Crippen LogP contribution in [0.1, 0.15) is 61.4 Å². The molecular weight excluding hydrogens is 270 g/mol. The van der Waals surface area contributed by atoms with Gasteiger partial charge >= 0.3 is 5.97 Å². The number of hydrogen-bond acceptors (Lipinski definition) is 3. The molecule has 5 heteroatoms. The summed E-state index contributed by atoms with van der Waals surface area (Å²) in [5.74, 6) is 0.0677. The van der Waals surface area contributed by atoms with Crippen molar-refractivity contribution in [1.29, 1.82) is 0 Å². The van der Waals surface area contributed by atoms with Crippen LogP contribution in [0.4, 0.5) is 0 Å². The summed E-state index contributed by atoms with van der Waals surface area (Å²) < 4.78 is 5.64. The molecule has 0 aliphatic heterocycles. The molecule has 1 N–H and O–H groups in total. The van der Waals surface area contributed by atoms with E-state index in [4.69, 9.17) is 9.52 Å². The SMILES string of the molecule is Cc1oc(C(C)C)cc1C(=O)N(CC(C)C(=O)O)C1CC1. The normalized spacial score (nSPS) is 16.0. The minimum atomic E-state index is -0.875. The Kier molecular flexibility index (Phi) is 4.40. The van der Waals surface area contributed by atoms with E-state index in [-0.39, 0.29) is 24.4 Å². The zero-order valence-corrected chi connectivity index (χ0v) is 13.0. The van der Waals surface area contributed by atoms with E-state index in [9.17, 15) is 9.59 Å². The van der Waals surface area contributed by atoms with Gasteiger partial charge in [0.15, 0.2) is 0 Å². The van der Waals surface area contributed by atoms with Gasteiger partial charge in [-0.3, -0.25) is 9.59 Å². The number of aliphatic carboxylic acids is 1. The summed E-state index contributed by atoms with van der Waals surface area (Å²) in [4.78, 5) is 25.5. The molecule has 1 heterocycles. The van der Waals surface area contributed by atoms with E-state index in [0.717, 1.165) is 18.6 Å². The van der Waals surface area contributed by atoms with Gasteiger partial charge in [0.25, 0.3) is 5.91 Å². The molecular formula is C16H23NO4. The summed E-state index contributed by atoms with van der Waals surface area (Å²) in [7, 11) is 0. The second kappa shape index (κ2) is 5.92. The minimum Gasteiger partial charge on any atom is -0.481 e. The molecule has 1 amide bonds. The first kappa shape index (κ1) is 15.6. The highest BCUT2D eigenvalue weighted by molar-refractivity contribution is 5.96. The fourth-order valence-electron chi connectivity index (χ4n) is 2.31. The maximum absolute atomic E-state index is 12.7. The molecule has 1 atom stereocenters. The third-order valence-corrected chi connectivity index (χ3v) is 3.88. The number of aryl methyl sites for hydroxylation is 1. The fraction of sp³-hybridized carbons (Fsp3) is 0.625. The second-order valence-corrected chi connectivity index (χ2v) is 6.20. The highest BCUT2D eigenvalue weighted by atomic mass is 16.4. The Morgan fingerprint density at radius 1 is 1.38 bits per heavy atom. The van der Waals surface area contributed by atoms with Gasteiger partial charge in [0.05, 0.1) is 11.5 Å². The molecule has 1 saturated carbocycles. The van der Waals surface area contributed by atoms with Crippen molar-refractivity contribution < 1.29 is 19.1 Å². The molecule has 1 aliphatic carbocycles. The van der Waals surface area contributed by atoms with E-state index in [1.807, 2.05) is 13.8 Å². The van der Waals surface area contributed by atoms with Crippen molar-refractivity contribution in [2.24, 2.45) is 5.92 Å². The molecule has 1 aliphatic rings. The molecule has 1 aromatic heterocycles. The molecule has 116 valence electrons. The van der Waals surface area contributed by atoms with Crippen molar-refractivity contribution in [3.8, 4) is 0 Å². The standard InChI is InChI=1S/C16H23NO4/c1-9(2)14-7-13(11(4)21-14)15(18)17(12-5-6-12)8-10(3)16(19)20/h7,9-10,12H,5-6,8H2,1-4H3,(H,19,20). The van der Waals surface area contributed by atoms with Gasteiger partial charge < -0.3 is 14.4 Å². The van der Waals surface area contributed by atoms with E-state index >= 15 is 0 Å². The Balaban J connectivity index is 2.20. The number of furan rings is 1. The second-order valence-electron chi connectivity index (χ2n) is 6.20. The van der Waals surface area contributed by atoms with Crippen LogP contribution in [-0.4, -0.2) is 34.5 Å². The average molecular weight is 293 g/mol. The van der Waals surface area contributed by atoms with Gasteiger partial charge in [0.1, 0.15) is 11.5 Å². The van der Waals surface area contributed by atoms with Crippen LogP contribution < -0.4 is 0 Å². The molecule has 0 spiro atoms. The van der Waals surface area contributed by atoms with Crippen molar-refractivity contribution in [2.75, 3.05) is 6.54 Å². The van der Waals surface area contributed by atoms with Crippen molar-refractivity contribution in [2.45, 2.75) is 52.5 Å². The zero-order chi connectivity index (χ0) is 15.7. The number of carbonyl (C=O) groups excluding carboxylic acids is 1. The van der Waals surface area contributed by atoms with Crippen molar-refractivity contribution in [3.63, 3.8) is 0 Å². The number of hydrogen-bond donors (Lipinski definition) is 1. The van der Waals surface area contributed by atoms with Crippen LogP contribution in [0.5, 0.6) is 0 Å². The number of carbonyl (C=O) groups is 2. The number of carboxylic acids is 1. The predicted octanol–water partition coefficient (Wildman–Crippen LogP) is 3.04. The largest absolute Gasteiger partial charge is 0.481 e. The van der Waals surface area contributed by atoms with Gasteiger partial charge in [-0.2, -0.15) is 0 Å². The van der Waals surface area contributed by atoms with Crippen LogP contribution in [0.25, 0.3) is 0 Å². The van der Waals surface area contributed by atoms with Gasteiger partial charge in [-0.15, -0.1) is 0 Å². The van der Waals surface area contributed by atoms with Gasteiger partial charge in [0.2, 0.25) is 0 Å². The highest BCUT2D eigenvalue weighted by Crippen LogP contribution is 2.31. The van der Waals surface area contributed by atoms with E-state index < -0.39 is 11.9 Å². The third-order valence-electron chi connectivity index (χ3n) is 3.88. The number of nitrogens with zero attached hydrogens (tertiary/aromatic N) is 1. The molecule has 1 aromatic rings. The lowest BCUT2D eigenvalue weighted by atomic mass is 10.1. The van der Waals surface area contributed by atoms with Crippen LogP contribution in [0.3, 0.4) is 0 Å². The van der Waals surface area contributed by atoms with Crippen LogP contribution in [-0.2, 0) is 4.79 Å². The molecule has 0 radical (unpaired) electrons. The smallest absolute Gasteiger partial charge is 0.308 e. The predicted molar refractivity (Wildman–Crippen MR) is 78.4 cm³/mol. The fourth-order valence-corrected chi connectivity index (χ4v) is 2.31. The van der Waals surface area contributed by atoms with Crippen LogP contribution in [0.2, 0.25) is 0 Å². The van der Waals surface area contributed by atoms with Gasteiger partial charge in [-0.05, 0) is 25.8 Å². The van der Waals surface area contributed by atoms with Gasteiger partial charge in [0, 0.05) is 18.5 Å². The maximum Gasteiger partial charge on any atom is 0.308 e. The Labute approximate surface area is 124 Å². The molecule has 1 unspecified atom stereocenters. The van der Waals surface area contributed by atoms with Gasteiger partial charge in [-0.1, -0.05) is 20.8 Å². The highest BCUT2D eigenvalue weighted by Gasteiger charge is 2.36. The number of amides is 1. The van der Waals surface area contributed by atoms with Gasteiger partial charge in [-0.25, -0.2) is 0 Å². The lowest BCUT2D eigenvalue weighted by Crippen LogP contribution is -2.38. The average Bonchev–Trinajstić information content (AvgIpc) is 3.16. The lowest BCUT2D eigenvalue weighted by Gasteiger charge is -2.24. The van der Waals surface area contributed by atoms with E-state index in [0.29, 0.717) is 11.3 Å². The molecule has 5 nitrogen and oxygen atoms in total. The Bertz CT molecular complexity index is 542. The molecule has 2 rings (SSSR count). The van der Waals surface area contributed by atoms with Crippen LogP contribution in [0, 0.1) is 12.8 Å². The van der Waals surface area contributed by atoms with E-state index in [1.54, 1.807) is 24.8 Å². The number of rotatable bonds is 6. The summed E-state index contributed by atoms with van der Waals surface area (Å²) in [6, 6.07) is 1.97. The Hall–Kier alpha value is -1.78. The zero-order valence-electron chi connectivity index (χ0n) is 13.0. The maximum atomic E-state index is 12.7. The Morgan fingerprint density at radius 3 is 2.43 bits per heavy atom. The Morgan fingerprint density at radius 2 is 2.00 bits per heavy atom. The summed E-state index contributed by atoms with van der Waals surface area (Å²) in [5.41, 5.74) is 0.559. The monoisotopic (exact) mass is 293 g/mol. The minimum absolute atomic E-state index is 0.112. The first-order valence-electron chi connectivity index (χ1n) is 7.45. The van der Waals surface area contributed by atoms with Crippen molar-refractivity contribution in [3.05, 3.63) is 23.2 Å². The summed E-state index contributed by atoms with van der Waals surface area (Å²) in [6.45, 7) is 7.69. The first-order chi connectivity index (χ1) is 9.81. The molecule has 0 saturated heterocycles. The molecule has 0 bridgehead atoms. The third kappa shape index (κ3) is 3.46. The topological polar surface area (TPSA) is 70.8 Å². The lowest BCUT2D eigenvalue weighted by molar-refractivity contribution is -0.141. The van der Waals surface area contributed by atoms with E-state index in [2.05, 4.69) is 0 Å². The summed E-state index contributed by atoms with van der Waals surface area (Å²) in [6.07, 6.45) is 1.90. The first-order valence-corrected chi connectivity index (χ1v) is 7.45. The molecule has 21 heavy (non-hydrogen) atoms. The summed E-state index contributed by atoms with van der Waals surface area (Å²) >= 11 is 0. The van der Waals surface area contributed by atoms with Crippen molar-refractivity contribution >= 4 is 11.9 Å². The van der Waals surface area contributed by atoms with Crippen LogP contribution >= 0.6 is 0 Å². The van der Waals surface area contributed by atoms with Crippen LogP contribution in [0.15, 0.2) is 10.5 Å². The van der Waals surface area contributed by atoms with Crippen molar-refractivity contribution in [1.82, 2.24) is 4.90 Å². The summed E-state index contributed by atoms with van der Waals surface area (Å²) in [5, 5.41) is 9.06. The van der Waals surface area contributed by atoms with E-state index in [1.165, 1.54) is 0 Å². The molecule has 1 fully saturated rings. The number of carboxylic acid groups (broad SMARTS) is 1. The molecule has 0 aromatic carbocycles. The quantitative estimate of drug-likeness (QED) is 0.875.